The summed E-state index contributed by atoms with van der Waals surface area (Å²) in [6.07, 6.45) is 6.35. The first-order chi connectivity index (χ1) is 15.3. The van der Waals surface area contributed by atoms with Gasteiger partial charge in [-0.05, 0) is 90.4 Å². The number of rotatable bonds is 2. The molecule has 6 nitrogen and oxygen atoms in total. The molecule has 1 aromatic carbocycles. The maximum Gasteiger partial charge on any atom is 0.410 e. The van der Waals surface area contributed by atoms with Crippen LogP contribution in [0.4, 0.5) is 4.79 Å². The average molecular weight is 498 g/mol. The van der Waals surface area contributed by atoms with Crippen molar-refractivity contribution in [3.8, 4) is 11.1 Å². The third kappa shape index (κ3) is 4.04. The molecule has 2 aliphatic rings. The molecule has 1 N–H and O–H groups in total. The molecule has 1 amide bonds. The monoisotopic (exact) mass is 497 g/mol. The third-order valence-corrected chi connectivity index (χ3v) is 6.85. The minimum absolute atomic E-state index is 0.00376. The van der Waals surface area contributed by atoms with Crippen LogP contribution in [0, 0.1) is 0 Å². The van der Waals surface area contributed by atoms with Crippen LogP contribution in [0.15, 0.2) is 35.1 Å². The van der Waals surface area contributed by atoms with Crippen LogP contribution in [0.3, 0.4) is 0 Å². The quantitative estimate of drug-likeness (QED) is 0.461. The molecule has 4 heterocycles. The van der Waals surface area contributed by atoms with Gasteiger partial charge in [-0.3, -0.25) is 0 Å². The summed E-state index contributed by atoms with van der Waals surface area (Å²) in [5.74, 6) is 0. The number of amides is 1. The standard InChI is InChI=1S/C25H28BrN3O3/c1-25(2,3)32-24(30)29-7-4-5-22(29)18-10-16(9-15-6-8-31-14-20(15)18)17-11-19-21(26)13-28-23(19)27-12-17/h9-13,22H,4-8,14H2,1-3H3,(H,27,28). The highest BCUT2D eigenvalue weighted by molar-refractivity contribution is 9.10. The molecule has 32 heavy (non-hydrogen) atoms. The highest BCUT2D eigenvalue weighted by atomic mass is 79.9. The van der Waals surface area contributed by atoms with Crippen LogP contribution in [-0.2, 0) is 22.5 Å². The predicted molar refractivity (Wildman–Crippen MR) is 128 cm³/mol. The van der Waals surface area contributed by atoms with Gasteiger partial charge in [0.25, 0.3) is 0 Å². The van der Waals surface area contributed by atoms with Gasteiger partial charge in [-0.1, -0.05) is 6.07 Å². The number of hydrogen-bond acceptors (Lipinski definition) is 4. The molecular formula is C25H28BrN3O3. The Hall–Kier alpha value is -2.38. The number of halogens is 1. The molecule has 3 aromatic rings. The molecule has 0 radical (unpaired) electrons. The van der Waals surface area contributed by atoms with Crippen molar-refractivity contribution in [2.24, 2.45) is 0 Å². The number of nitrogens with zero attached hydrogens (tertiary/aromatic N) is 2. The second-order valence-electron chi connectivity index (χ2n) is 9.59. The zero-order chi connectivity index (χ0) is 22.5. The van der Waals surface area contributed by atoms with Gasteiger partial charge in [-0.2, -0.15) is 0 Å². The zero-order valence-electron chi connectivity index (χ0n) is 18.7. The van der Waals surface area contributed by atoms with Crippen molar-refractivity contribution in [3.05, 3.63) is 51.8 Å². The molecule has 168 valence electrons. The van der Waals surface area contributed by atoms with Crippen molar-refractivity contribution in [2.75, 3.05) is 13.2 Å². The molecule has 2 aliphatic heterocycles. The topological polar surface area (TPSA) is 67.5 Å². The predicted octanol–water partition coefficient (Wildman–Crippen LogP) is 6.14. The fourth-order valence-corrected chi connectivity index (χ4v) is 5.15. The Morgan fingerprint density at radius 3 is 2.94 bits per heavy atom. The van der Waals surface area contributed by atoms with E-state index in [0.717, 1.165) is 52.5 Å². The first-order valence-corrected chi connectivity index (χ1v) is 12.0. The Kier molecular flexibility index (Phi) is 5.50. The molecule has 5 rings (SSSR count). The maximum atomic E-state index is 13.0. The van der Waals surface area contributed by atoms with Crippen molar-refractivity contribution in [1.29, 1.82) is 0 Å². The SMILES string of the molecule is CC(C)(C)OC(=O)N1CCCC1c1cc(-c2cnc3[nH]cc(Br)c3c2)cc2c1COCC2. The summed E-state index contributed by atoms with van der Waals surface area (Å²) >= 11 is 3.60. The summed E-state index contributed by atoms with van der Waals surface area (Å²) in [4.78, 5) is 22.7. The summed E-state index contributed by atoms with van der Waals surface area (Å²) in [5.41, 5.74) is 6.23. The minimum atomic E-state index is -0.514. The van der Waals surface area contributed by atoms with Gasteiger partial charge in [0, 0.05) is 34.4 Å². The number of carbonyl (C=O) groups is 1. The van der Waals surface area contributed by atoms with Crippen molar-refractivity contribution in [3.63, 3.8) is 0 Å². The molecule has 1 unspecified atom stereocenters. The number of aromatic amines is 1. The largest absolute Gasteiger partial charge is 0.444 e. The summed E-state index contributed by atoms with van der Waals surface area (Å²) < 4.78 is 12.5. The van der Waals surface area contributed by atoms with Crippen LogP contribution in [0.5, 0.6) is 0 Å². The molecule has 1 saturated heterocycles. The van der Waals surface area contributed by atoms with E-state index in [9.17, 15) is 4.79 Å². The van der Waals surface area contributed by atoms with Crippen LogP contribution < -0.4 is 0 Å². The minimum Gasteiger partial charge on any atom is -0.444 e. The lowest BCUT2D eigenvalue weighted by atomic mass is 9.88. The van der Waals surface area contributed by atoms with Gasteiger partial charge in [0.05, 0.1) is 19.3 Å². The Labute approximate surface area is 196 Å². The van der Waals surface area contributed by atoms with Gasteiger partial charge in [0.1, 0.15) is 11.2 Å². The molecular weight excluding hydrogens is 470 g/mol. The molecule has 2 aromatic heterocycles. The van der Waals surface area contributed by atoms with Gasteiger partial charge < -0.3 is 19.4 Å². The second-order valence-corrected chi connectivity index (χ2v) is 10.4. The number of nitrogens with one attached hydrogen (secondary N) is 1. The lowest BCUT2D eigenvalue weighted by Crippen LogP contribution is -2.36. The first-order valence-electron chi connectivity index (χ1n) is 11.2. The number of hydrogen-bond donors (Lipinski definition) is 1. The van der Waals surface area contributed by atoms with Gasteiger partial charge in [-0.25, -0.2) is 9.78 Å². The maximum absolute atomic E-state index is 13.0. The van der Waals surface area contributed by atoms with Crippen LogP contribution in [0.25, 0.3) is 22.2 Å². The van der Waals surface area contributed by atoms with Crippen LogP contribution in [0.1, 0.15) is 56.3 Å². The van der Waals surface area contributed by atoms with Crippen LogP contribution >= 0.6 is 15.9 Å². The Balaban J connectivity index is 1.58. The van der Waals surface area contributed by atoms with Gasteiger partial charge in [0.2, 0.25) is 0 Å². The lowest BCUT2D eigenvalue weighted by Gasteiger charge is -2.31. The number of ether oxygens (including phenoxy) is 2. The number of carbonyl (C=O) groups excluding carboxylic acids is 1. The number of fused-ring (bicyclic) bond motifs is 2. The van der Waals surface area contributed by atoms with Crippen molar-refractivity contribution < 1.29 is 14.3 Å². The number of benzene rings is 1. The van der Waals surface area contributed by atoms with E-state index < -0.39 is 5.60 Å². The second kappa shape index (κ2) is 8.19. The van der Waals surface area contributed by atoms with E-state index in [-0.39, 0.29) is 12.1 Å². The number of likely N-dealkylation sites (tertiary alicyclic amines) is 1. The van der Waals surface area contributed by atoms with E-state index in [1.807, 2.05) is 38.1 Å². The molecule has 1 fully saturated rings. The van der Waals surface area contributed by atoms with Crippen LogP contribution in [-0.4, -0.2) is 39.7 Å². The fraction of sp³-hybridized carbons (Fsp3) is 0.440. The van der Waals surface area contributed by atoms with Gasteiger partial charge >= 0.3 is 6.09 Å². The van der Waals surface area contributed by atoms with Crippen molar-refractivity contribution >= 4 is 33.1 Å². The molecule has 0 spiro atoms. The summed E-state index contributed by atoms with van der Waals surface area (Å²) in [6, 6.07) is 6.64. The summed E-state index contributed by atoms with van der Waals surface area (Å²) in [7, 11) is 0. The average Bonchev–Trinajstić information content (AvgIpc) is 3.39. The normalized spacial score (nSPS) is 18.8. The van der Waals surface area contributed by atoms with Crippen LogP contribution in [0.2, 0.25) is 0 Å². The van der Waals surface area contributed by atoms with Crippen molar-refractivity contribution in [2.45, 2.75) is 58.3 Å². The molecule has 0 bridgehead atoms. The van der Waals surface area contributed by atoms with E-state index >= 15 is 0 Å². The molecule has 1 atom stereocenters. The van der Waals surface area contributed by atoms with E-state index in [0.29, 0.717) is 13.2 Å². The van der Waals surface area contributed by atoms with Crippen molar-refractivity contribution in [1.82, 2.24) is 14.9 Å². The van der Waals surface area contributed by atoms with Gasteiger partial charge in [0.15, 0.2) is 0 Å². The van der Waals surface area contributed by atoms with E-state index in [4.69, 9.17) is 9.47 Å². The van der Waals surface area contributed by atoms with E-state index in [1.165, 1.54) is 16.7 Å². The number of aromatic nitrogens is 2. The summed E-state index contributed by atoms with van der Waals surface area (Å²) in [5, 5.41) is 1.06. The number of H-pyrrole nitrogens is 1. The molecule has 0 saturated carbocycles. The zero-order valence-corrected chi connectivity index (χ0v) is 20.3. The highest BCUT2D eigenvalue weighted by Gasteiger charge is 2.35. The van der Waals surface area contributed by atoms with E-state index in [2.05, 4.69) is 44.1 Å². The number of pyridine rings is 1. The Morgan fingerprint density at radius 1 is 1.28 bits per heavy atom. The van der Waals surface area contributed by atoms with Gasteiger partial charge in [-0.15, -0.1) is 0 Å². The Bertz CT molecular complexity index is 1180. The third-order valence-electron chi connectivity index (χ3n) is 6.19. The first kappa shape index (κ1) is 21.5. The smallest absolute Gasteiger partial charge is 0.410 e. The Morgan fingerprint density at radius 2 is 2.12 bits per heavy atom. The molecule has 0 aliphatic carbocycles. The highest BCUT2D eigenvalue weighted by Crippen LogP contribution is 2.40. The fourth-order valence-electron chi connectivity index (χ4n) is 4.73. The molecule has 7 heteroatoms. The lowest BCUT2D eigenvalue weighted by molar-refractivity contribution is 0.0221. The van der Waals surface area contributed by atoms with E-state index in [1.54, 1.807) is 0 Å². The summed E-state index contributed by atoms with van der Waals surface area (Å²) in [6.45, 7) is 7.75.